The number of benzene rings is 2. The van der Waals surface area contributed by atoms with Crippen LogP contribution < -0.4 is 5.32 Å². The summed E-state index contributed by atoms with van der Waals surface area (Å²) in [5.74, 6) is 0. The van der Waals surface area contributed by atoms with Crippen molar-refractivity contribution in [2.45, 2.75) is 25.1 Å². The van der Waals surface area contributed by atoms with Gasteiger partial charge in [-0.05, 0) is 42.2 Å². The summed E-state index contributed by atoms with van der Waals surface area (Å²) in [6, 6.07) is 11.3. The molecule has 21 heavy (non-hydrogen) atoms. The topological polar surface area (TPSA) is 12.0 Å². The van der Waals surface area contributed by atoms with E-state index in [9.17, 15) is 13.2 Å². The first-order valence-electron chi connectivity index (χ1n) is 6.66. The highest BCUT2D eigenvalue weighted by molar-refractivity contribution is 6.30. The van der Waals surface area contributed by atoms with Crippen molar-refractivity contribution in [1.82, 2.24) is 0 Å². The molecule has 0 fully saturated rings. The van der Waals surface area contributed by atoms with Gasteiger partial charge in [0.25, 0.3) is 0 Å². The van der Waals surface area contributed by atoms with Gasteiger partial charge < -0.3 is 5.32 Å². The summed E-state index contributed by atoms with van der Waals surface area (Å²) in [4.78, 5) is 0. The third-order valence-corrected chi connectivity index (χ3v) is 3.98. The predicted molar refractivity (Wildman–Crippen MR) is 77.6 cm³/mol. The van der Waals surface area contributed by atoms with Gasteiger partial charge in [-0.3, -0.25) is 0 Å². The average molecular weight is 312 g/mol. The number of fused-ring (bicyclic) bond motifs is 1. The molecule has 0 spiro atoms. The van der Waals surface area contributed by atoms with E-state index >= 15 is 0 Å². The minimum atomic E-state index is -4.40. The quantitative estimate of drug-likeness (QED) is 0.776. The highest BCUT2D eigenvalue weighted by atomic mass is 35.5. The number of alkyl halides is 3. The fourth-order valence-corrected chi connectivity index (χ4v) is 2.95. The maximum absolute atomic E-state index is 13.1. The van der Waals surface area contributed by atoms with Crippen LogP contribution in [0.4, 0.5) is 18.9 Å². The second-order valence-electron chi connectivity index (χ2n) is 5.12. The Bertz CT molecular complexity index is 667. The monoisotopic (exact) mass is 311 g/mol. The minimum absolute atomic E-state index is 0.0386. The van der Waals surface area contributed by atoms with E-state index in [1.807, 2.05) is 24.3 Å². The predicted octanol–water partition coefficient (Wildman–Crippen LogP) is 5.46. The van der Waals surface area contributed by atoms with Crippen LogP contribution in [0.2, 0.25) is 5.02 Å². The lowest BCUT2D eigenvalue weighted by Gasteiger charge is -2.20. The van der Waals surface area contributed by atoms with E-state index in [2.05, 4.69) is 5.32 Å². The van der Waals surface area contributed by atoms with Gasteiger partial charge in [0.1, 0.15) is 0 Å². The molecule has 0 aromatic heterocycles. The Morgan fingerprint density at radius 2 is 1.86 bits per heavy atom. The van der Waals surface area contributed by atoms with Crippen molar-refractivity contribution in [2.75, 3.05) is 5.32 Å². The van der Waals surface area contributed by atoms with E-state index in [0.717, 1.165) is 24.5 Å². The first-order chi connectivity index (χ1) is 9.95. The summed E-state index contributed by atoms with van der Waals surface area (Å²) < 4.78 is 39.2. The maximum Gasteiger partial charge on any atom is 0.418 e. The normalized spacial score (nSPS) is 17.6. The highest BCUT2D eigenvalue weighted by Crippen LogP contribution is 2.40. The van der Waals surface area contributed by atoms with Crippen molar-refractivity contribution in [2.24, 2.45) is 0 Å². The average Bonchev–Trinajstić information content (AvgIpc) is 2.81. The Hall–Kier alpha value is -1.68. The molecular formula is C16H13ClF3N. The molecule has 1 aliphatic rings. The molecule has 0 bridgehead atoms. The Morgan fingerprint density at radius 1 is 1.10 bits per heavy atom. The van der Waals surface area contributed by atoms with E-state index < -0.39 is 11.7 Å². The summed E-state index contributed by atoms with van der Waals surface area (Å²) in [6.07, 6.45) is -2.75. The third-order valence-electron chi connectivity index (χ3n) is 3.75. The van der Waals surface area contributed by atoms with Crippen molar-refractivity contribution in [3.8, 4) is 0 Å². The van der Waals surface area contributed by atoms with Gasteiger partial charge in [0.05, 0.1) is 11.6 Å². The molecule has 0 radical (unpaired) electrons. The Balaban J connectivity index is 1.94. The van der Waals surface area contributed by atoms with Crippen LogP contribution in [0.3, 0.4) is 0 Å². The van der Waals surface area contributed by atoms with Gasteiger partial charge in [0, 0.05) is 10.7 Å². The molecule has 1 nitrogen and oxygen atoms in total. The number of rotatable bonds is 2. The van der Waals surface area contributed by atoms with Crippen LogP contribution in [0.5, 0.6) is 0 Å². The van der Waals surface area contributed by atoms with Gasteiger partial charge in [-0.2, -0.15) is 13.2 Å². The summed E-state index contributed by atoms with van der Waals surface area (Å²) in [6.45, 7) is 0. The molecular weight excluding hydrogens is 299 g/mol. The molecule has 1 unspecified atom stereocenters. The molecule has 0 heterocycles. The Kier molecular flexibility index (Phi) is 3.57. The third kappa shape index (κ3) is 2.86. The van der Waals surface area contributed by atoms with Crippen molar-refractivity contribution in [1.29, 1.82) is 0 Å². The van der Waals surface area contributed by atoms with Crippen LogP contribution in [0.1, 0.15) is 29.2 Å². The summed E-state index contributed by atoms with van der Waals surface area (Å²) >= 11 is 5.85. The minimum Gasteiger partial charge on any atom is -0.378 e. The lowest BCUT2D eigenvalue weighted by atomic mass is 10.1. The van der Waals surface area contributed by atoms with Gasteiger partial charge in [0.15, 0.2) is 0 Å². The number of hydrogen-bond acceptors (Lipinski definition) is 1. The number of halogens is 4. The summed E-state index contributed by atoms with van der Waals surface area (Å²) in [5, 5.41) is 3.30. The zero-order valence-corrected chi connectivity index (χ0v) is 11.8. The van der Waals surface area contributed by atoms with Gasteiger partial charge in [-0.15, -0.1) is 0 Å². The lowest BCUT2D eigenvalue weighted by molar-refractivity contribution is -0.137. The molecule has 110 valence electrons. The van der Waals surface area contributed by atoms with Crippen LogP contribution in [-0.2, 0) is 12.6 Å². The molecule has 0 saturated heterocycles. The van der Waals surface area contributed by atoms with Crippen molar-refractivity contribution >= 4 is 17.3 Å². The Morgan fingerprint density at radius 3 is 2.62 bits per heavy atom. The molecule has 0 amide bonds. The summed E-state index contributed by atoms with van der Waals surface area (Å²) in [7, 11) is 0. The van der Waals surface area contributed by atoms with Gasteiger partial charge in [0.2, 0.25) is 0 Å². The first-order valence-corrected chi connectivity index (χ1v) is 7.04. The van der Waals surface area contributed by atoms with Crippen LogP contribution in [0.25, 0.3) is 0 Å². The van der Waals surface area contributed by atoms with Crippen LogP contribution in [-0.4, -0.2) is 0 Å². The number of nitrogens with one attached hydrogen (secondary N) is 1. The molecule has 2 aromatic rings. The molecule has 3 rings (SSSR count). The summed E-state index contributed by atoms with van der Waals surface area (Å²) in [5.41, 5.74) is 1.60. The van der Waals surface area contributed by atoms with Gasteiger partial charge >= 0.3 is 6.18 Å². The fraction of sp³-hybridized carbons (Fsp3) is 0.250. The smallest absolute Gasteiger partial charge is 0.378 e. The SMILES string of the molecule is FC(F)(F)c1ccc(Cl)cc1NC1CCc2ccccc21. The zero-order valence-electron chi connectivity index (χ0n) is 11.0. The zero-order chi connectivity index (χ0) is 15.0. The second kappa shape index (κ2) is 5.26. The van der Waals surface area contributed by atoms with E-state index in [4.69, 9.17) is 11.6 Å². The molecule has 0 saturated carbocycles. The van der Waals surface area contributed by atoms with Crippen molar-refractivity contribution in [3.05, 3.63) is 64.2 Å². The van der Waals surface area contributed by atoms with E-state index in [1.165, 1.54) is 17.7 Å². The van der Waals surface area contributed by atoms with Crippen LogP contribution >= 0.6 is 11.6 Å². The molecule has 1 atom stereocenters. The molecule has 1 N–H and O–H groups in total. The standard InChI is InChI=1S/C16H13ClF3N/c17-11-6-7-13(16(18,19)20)15(9-11)21-14-8-5-10-3-1-2-4-12(10)14/h1-4,6-7,9,14,21H,5,8H2. The van der Waals surface area contributed by atoms with Crippen LogP contribution in [0, 0.1) is 0 Å². The maximum atomic E-state index is 13.1. The molecule has 2 aromatic carbocycles. The van der Waals surface area contributed by atoms with E-state index in [0.29, 0.717) is 0 Å². The number of aryl methyl sites for hydroxylation is 1. The fourth-order valence-electron chi connectivity index (χ4n) is 2.78. The Labute approximate surface area is 125 Å². The van der Waals surface area contributed by atoms with E-state index in [1.54, 1.807) is 0 Å². The lowest BCUT2D eigenvalue weighted by Crippen LogP contribution is -2.13. The highest BCUT2D eigenvalue weighted by Gasteiger charge is 2.34. The largest absolute Gasteiger partial charge is 0.418 e. The van der Waals surface area contributed by atoms with Crippen LogP contribution in [0.15, 0.2) is 42.5 Å². The van der Waals surface area contributed by atoms with Crippen molar-refractivity contribution in [3.63, 3.8) is 0 Å². The van der Waals surface area contributed by atoms with Gasteiger partial charge in [-0.1, -0.05) is 35.9 Å². The number of anilines is 1. The van der Waals surface area contributed by atoms with Gasteiger partial charge in [-0.25, -0.2) is 0 Å². The van der Waals surface area contributed by atoms with Crippen molar-refractivity contribution < 1.29 is 13.2 Å². The van der Waals surface area contributed by atoms with E-state index in [-0.39, 0.29) is 16.8 Å². The number of hydrogen-bond donors (Lipinski definition) is 1. The molecule has 5 heteroatoms. The molecule has 0 aliphatic heterocycles. The second-order valence-corrected chi connectivity index (χ2v) is 5.56. The first kappa shape index (κ1) is 14.3. The molecule has 1 aliphatic carbocycles.